The van der Waals surface area contributed by atoms with Crippen LogP contribution in [-0.4, -0.2) is 146 Å². The van der Waals surface area contributed by atoms with E-state index in [1.54, 1.807) is 159 Å². The third-order valence-corrected chi connectivity index (χ3v) is 20.6. The summed E-state index contributed by atoms with van der Waals surface area (Å²) in [6, 6.07) is 66.4. The predicted molar refractivity (Wildman–Crippen MR) is 476 cm³/mol. The van der Waals surface area contributed by atoms with Gasteiger partial charge < -0.3 is 57.2 Å². The van der Waals surface area contributed by atoms with E-state index in [2.05, 4.69) is 125 Å². The Labute approximate surface area is 709 Å². The number of rotatable bonds is 17. The highest BCUT2D eigenvalue weighted by Crippen LogP contribution is 2.34. The zero-order valence-corrected chi connectivity index (χ0v) is 68.4. The number of carbonyl (C=O) groups is 5. The van der Waals surface area contributed by atoms with Gasteiger partial charge in [0.25, 0.3) is 29.5 Å². The fourth-order valence-corrected chi connectivity index (χ4v) is 14.3. The van der Waals surface area contributed by atoms with Gasteiger partial charge in [-0.25, -0.2) is 15.0 Å². The first kappa shape index (κ1) is 84.0. The average molecular weight is 1670 g/mol. The number of amides is 5. The van der Waals surface area contributed by atoms with Gasteiger partial charge in [-0.2, -0.15) is 0 Å². The maximum absolute atomic E-state index is 12.7. The highest BCUT2D eigenvalue weighted by Gasteiger charge is 2.25. The summed E-state index contributed by atoms with van der Waals surface area (Å²) in [7, 11) is 0. The minimum Gasteiger partial charge on any atom is -0.354 e. The van der Waals surface area contributed by atoms with Crippen LogP contribution in [0.5, 0.6) is 0 Å². The van der Waals surface area contributed by atoms with E-state index in [0.29, 0.717) is 106 Å². The van der Waals surface area contributed by atoms with Crippen LogP contribution in [0, 0.1) is 0 Å². The Balaban J connectivity index is 0.000000137. The van der Waals surface area contributed by atoms with E-state index in [9.17, 15) is 24.0 Å². The molecule has 28 heteroatoms. The molecule has 0 saturated carbocycles. The van der Waals surface area contributed by atoms with Gasteiger partial charge in [0.05, 0.1) is 71.4 Å². The molecule has 3 aliphatic heterocycles. The minimum absolute atomic E-state index is 0.216. The van der Waals surface area contributed by atoms with E-state index in [1.807, 2.05) is 115 Å². The topological polar surface area (TPSA) is 294 Å². The predicted octanol–water partition coefficient (Wildman–Crippen LogP) is 17.2. The van der Waals surface area contributed by atoms with E-state index < -0.39 is 0 Å². The summed E-state index contributed by atoms with van der Waals surface area (Å²) in [5.74, 6) is 1.43. The molecule has 24 nitrogen and oxygen atoms in total. The number of anilines is 8. The van der Waals surface area contributed by atoms with Gasteiger partial charge in [-0.3, -0.25) is 48.9 Å². The van der Waals surface area contributed by atoms with Crippen molar-refractivity contribution < 1.29 is 24.0 Å². The van der Waals surface area contributed by atoms with E-state index in [-0.39, 0.29) is 29.5 Å². The Bertz CT molecular complexity index is 5440. The molecule has 8 aromatic heterocycles. The van der Waals surface area contributed by atoms with E-state index in [1.165, 1.54) is 0 Å². The van der Waals surface area contributed by atoms with Gasteiger partial charge in [-0.1, -0.05) is 70.7 Å². The first-order valence-corrected chi connectivity index (χ1v) is 40.1. The molecule has 0 spiro atoms. The van der Waals surface area contributed by atoms with E-state index in [4.69, 9.17) is 46.4 Å². The zero-order chi connectivity index (χ0) is 83.2. The second-order valence-corrected chi connectivity index (χ2v) is 30.0. The molecule has 3 fully saturated rings. The van der Waals surface area contributed by atoms with Gasteiger partial charge in [-0.15, -0.1) is 0 Å². The molecule has 3 saturated heterocycles. The molecule has 8 N–H and O–H groups in total. The number of halogens is 4. The Morgan fingerprint density at radius 1 is 0.311 bits per heavy atom. The lowest BCUT2D eigenvalue weighted by Gasteiger charge is -2.36. The van der Waals surface area contributed by atoms with Crippen molar-refractivity contribution in [1.82, 2.24) is 55.8 Å². The lowest BCUT2D eigenvalue weighted by atomic mass is 10.1. The first-order chi connectivity index (χ1) is 57.8. The fourth-order valence-electron chi connectivity index (χ4n) is 13.4. The van der Waals surface area contributed by atoms with Crippen molar-refractivity contribution in [2.24, 2.45) is 0 Å². The molecule has 602 valence electrons. The largest absolute Gasteiger partial charge is 0.354 e. The van der Waals surface area contributed by atoms with Crippen molar-refractivity contribution in [2.45, 2.75) is 51.9 Å². The monoisotopic (exact) mass is 1660 g/mol. The van der Waals surface area contributed by atoms with Crippen LogP contribution in [0.3, 0.4) is 0 Å². The number of pyridine rings is 8. The van der Waals surface area contributed by atoms with Gasteiger partial charge in [0.1, 0.15) is 17.5 Å². The summed E-state index contributed by atoms with van der Waals surface area (Å²) in [6.45, 7) is 15.9. The number of hydrogen-bond donors (Lipinski definition) is 8. The quantitative estimate of drug-likeness (QED) is 0.0420. The number of benzene rings is 5. The Morgan fingerprint density at radius 3 is 0.899 bits per heavy atom. The van der Waals surface area contributed by atoms with Crippen molar-refractivity contribution in [3.8, 4) is 45.0 Å². The van der Waals surface area contributed by atoms with Gasteiger partial charge in [-0.05, 0) is 222 Å². The Hall–Kier alpha value is -12.9. The van der Waals surface area contributed by atoms with Gasteiger partial charge in [0.2, 0.25) is 0 Å². The van der Waals surface area contributed by atoms with Crippen LogP contribution in [0.1, 0.15) is 79.5 Å². The Morgan fingerprint density at radius 2 is 0.613 bits per heavy atom. The van der Waals surface area contributed by atoms with Gasteiger partial charge >= 0.3 is 0 Å². The lowest BCUT2D eigenvalue weighted by Crippen LogP contribution is -2.54. The van der Waals surface area contributed by atoms with Crippen molar-refractivity contribution in [1.29, 1.82) is 0 Å². The number of piperazine rings is 3. The number of carbonyl (C=O) groups excluding carboxylic acids is 5. The summed E-state index contributed by atoms with van der Waals surface area (Å²) >= 11 is 25.2. The number of nitrogens with zero attached hydrogens (tertiary/aromatic N) is 11. The molecule has 11 heterocycles. The summed E-state index contributed by atoms with van der Waals surface area (Å²) in [6.07, 6.45) is 14.9. The average Bonchev–Trinajstić information content (AvgIpc) is 0.840. The highest BCUT2D eigenvalue weighted by molar-refractivity contribution is 6.35. The summed E-state index contributed by atoms with van der Waals surface area (Å²) in [5.41, 5.74) is 11.5. The van der Waals surface area contributed by atoms with Crippen LogP contribution in [-0.2, 0) is 0 Å². The number of nitrogens with one attached hydrogen (secondary N) is 8. The second kappa shape index (κ2) is 40.8. The van der Waals surface area contributed by atoms with Gasteiger partial charge in [0, 0.05) is 182 Å². The first-order valence-electron chi connectivity index (χ1n) is 38.6. The SMILES string of the molecule is C[C@@H]1CN(c2ccc(C(=O)Nc3ccc(Cl)c(-c4ccccn4)c3)cn2)CCN1.C[C@@H]1CN(c2ccc(C(=O)Nc3ccc(Cl)c(-c4ccccn4)c3)cn2)C[C@H](C)N1.C[C@H]1CN(c2ccc(C(=O)Nc3ccc(Cl)c(-c4ccccn4)c3)cn2)CCN1.O=C(Nc1cccnc1)c1ccc(C(=O)Nc2ccc(Cl)c(-c3ccccn3)c2)cc1. The van der Waals surface area contributed by atoms with Crippen LogP contribution in [0.25, 0.3) is 45.0 Å². The molecule has 3 aliphatic rings. The van der Waals surface area contributed by atoms with Crippen LogP contribution in [0.4, 0.5) is 45.9 Å². The van der Waals surface area contributed by atoms with Gasteiger partial charge in [0.15, 0.2) is 0 Å². The minimum atomic E-state index is -0.298. The molecule has 0 bridgehead atoms. The molecule has 0 unspecified atom stereocenters. The number of aromatic nitrogens is 8. The molecule has 4 atom stereocenters. The third kappa shape index (κ3) is 23.3. The molecular weight excluding hydrogens is 1580 g/mol. The lowest BCUT2D eigenvalue weighted by molar-refractivity contribution is 0.101. The van der Waals surface area contributed by atoms with Crippen molar-refractivity contribution in [3.63, 3.8) is 0 Å². The van der Waals surface area contributed by atoms with E-state index >= 15 is 0 Å². The summed E-state index contributed by atoms with van der Waals surface area (Å²) < 4.78 is 0. The molecule has 5 aromatic carbocycles. The maximum Gasteiger partial charge on any atom is 0.257 e. The van der Waals surface area contributed by atoms with E-state index in [0.717, 1.165) is 109 Å². The molecule has 16 rings (SSSR count). The Kier molecular flexibility index (Phi) is 28.8. The molecule has 5 amide bonds. The molecule has 119 heavy (non-hydrogen) atoms. The normalized spacial score (nSPS) is 15.5. The third-order valence-electron chi connectivity index (χ3n) is 19.3. The summed E-state index contributed by atoms with van der Waals surface area (Å²) in [4.78, 5) is 104. The highest BCUT2D eigenvalue weighted by atomic mass is 35.5. The van der Waals surface area contributed by atoms with Crippen LogP contribution in [0.15, 0.2) is 274 Å². The van der Waals surface area contributed by atoms with Crippen LogP contribution < -0.4 is 57.2 Å². The number of hydrogen-bond acceptors (Lipinski definition) is 19. The van der Waals surface area contributed by atoms with Crippen molar-refractivity contribution >= 4 is 122 Å². The molecule has 0 aliphatic carbocycles. The van der Waals surface area contributed by atoms with Crippen LogP contribution >= 0.6 is 46.4 Å². The van der Waals surface area contributed by atoms with Crippen molar-refractivity contribution in [3.05, 3.63) is 322 Å². The fraction of sp³-hybridized carbons (Fsp3) is 0.176. The second-order valence-electron chi connectivity index (χ2n) is 28.4. The smallest absolute Gasteiger partial charge is 0.257 e. The summed E-state index contributed by atoms with van der Waals surface area (Å²) in [5, 5.41) is 27.0. The maximum atomic E-state index is 12.7. The zero-order valence-electron chi connectivity index (χ0n) is 65.4. The standard InChI is InChI=1S/C24H17ClN4O2.C23H24ClN5O.2C22H22ClN5O/c25-21-11-10-18(14-20(21)22-5-1-2-13-27-22)28-23(30)16-6-8-17(9-7-16)24(31)29-19-4-3-12-26-15-19;1-15-13-29(14-16(2)27-15)22-9-6-17(12-26-22)23(30)28-18-7-8-20(24)19(11-18)21-5-3-4-10-25-21;2*1-15-14-28(11-10-24-15)21-8-5-16(13-26-21)22(29)27-17-6-7-19(23)18(12-17)20-4-2-3-9-25-20/h1-15H,(H,28,30)(H,29,31);3-12,15-16,27H,13-14H2,1-2H3,(H,28,30);2*2-9,12-13,15,24H,10-11,14H2,1H3,(H,27,29)/t;15-,16+;2*15-/m..10/s1. The molecule has 0 radical (unpaired) electrons. The van der Waals surface area contributed by atoms with Crippen molar-refractivity contribution in [2.75, 3.05) is 93.6 Å². The molecule has 13 aromatic rings. The molecular formula is C91H85Cl4N19O5. The van der Waals surface area contributed by atoms with Crippen LogP contribution in [0.2, 0.25) is 20.1 Å².